The highest BCUT2D eigenvalue weighted by Crippen LogP contribution is 2.45. The maximum Gasteiger partial charge on any atom is 0.143 e. The molecule has 0 spiro atoms. The number of hydrogen-bond donors (Lipinski definition) is 0. The van der Waals surface area contributed by atoms with Gasteiger partial charge in [0.15, 0.2) is 0 Å². The van der Waals surface area contributed by atoms with Crippen molar-refractivity contribution in [1.82, 2.24) is 0 Å². The van der Waals surface area contributed by atoms with E-state index in [0.29, 0.717) is 5.56 Å². The first-order chi connectivity index (χ1) is 25.1. The third kappa shape index (κ3) is 3.72. The molecule has 0 amide bonds. The van der Waals surface area contributed by atoms with Crippen molar-refractivity contribution < 1.29 is 16.8 Å². The molecule has 0 unspecified atom stereocenters. The van der Waals surface area contributed by atoms with Gasteiger partial charge in [-0.25, -0.2) is 0 Å². The van der Waals surface area contributed by atoms with Crippen LogP contribution in [0.15, 0.2) is 162 Å². The van der Waals surface area contributed by atoms with Gasteiger partial charge in [-0.05, 0) is 78.5 Å². The molecule has 1 heteroatoms. The molecular weight excluding hydrogens is 520 g/mol. The minimum Gasteiger partial charge on any atom is -0.455 e. The summed E-state index contributed by atoms with van der Waals surface area (Å²) in [6.07, 6.45) is 0. The van der Waals surface area contributed by atoms with Crippen LogP contribution in [0.25, 0.3) is 87.6 Å². The van der Waals surface area contributed by atoms with Crippen LogP contribution in [0.2, 0.25) is 0 Å². The van der Waals surface area contributed by atoms with Gasteiger partial charge >= 0.3 is 0 Å². The van der Waals surface area contributed by atoms with Gasteiger partial charge in [-0.2, -0.15) is 0 Å². The lowest BCUT2D eigenvalue weighted by atomic mass is 9.85. The largest absolute Gasteiger partial charge is 0.455 e. The Hall–Kier alpha value is -5.66. The average molecular weight is 556 g/mol. The SMILES string of the molecule is [2H]c1c([2H])c([2H])c(-c2c([2H])c([2H])c(-c3c4ccccc4c(-c4ccc5oc6c7ccccc7ccc6c5c4)c4ccccc34)c([2H])c2[2H])c([2H])c1[2H]. The lowest BCUT2D eigenvalue weighted by molar-refractivity contribution is 0.672. The summed E-state index contributed by atoms with van der Waals surface area (Å²) in [5.41, 5.74) is 3.35. The monoisotopic (exact) mass is 555 g/mol. The third-order valence-corrected chi connectivity index (χ3v) is 8.21. The second-order valence-electron chi connectivity index (χ2n) is 10.6. The van der Waals surface area contributed by atoms with E-state index < -0.39 is 42.3 Å². The van der Waals surface area contributed by atoms with Crippen LogP contribution in [0.4, 0.5) is 0 Å². The molecule has 0 saturated carbocycles. The van der Waals surface area contributed by atoms with Crippen LogP contribution in [-0.4, -0.2) is 0 Å². The zero-order valence-electron chi connectivity index (χ0n) is 31.7. The van der Waals surface area contributed by atoms with Gasteiger partial charge in [-0.3, -0.25) is 0 Å². The Morgan fingerprint density at radius 2 is 0.953 bits per heavy atom. The van der Waals surface area contributed by atoms with E-state index >= 15 is 0 Å². The third-order valence-electron chi connectivity index (χ3n) is 8.21. The molecule has 1 nitrogen and oxygen atoms in total. The quantitative estimate of drug-likeness (QED) is 0.198. The van der Waals surface area contributed by atoms with Gasteiger partial charge in [0.05, 0.1) is 12.3 Å². The Morgan fingerprint density at radius 3 is 1.63 bits per heavy atom. The summed E-state index contributed by atoms with van der Waals surface area (Å²) >= 11 is 0. The molecule has 1 heterocycles. The summed E-state index contributed by atoms with van der Waals surface area (Å²) in [4.78, 5) is 0. The van der Waals surface area contributed by atoms with Crippen LogP contribution in [0, 0.1) is 0 Å². The lowest BCUT2D eigenvalue weighted by Gasteiger charge is -2.18. The van der Waals surface area contributed by atoms with Gasteiger partial charge in [0.2, 0.25) is 0 Å². The second-order valence-corrected chi connectivity index (χ2v) is 10.6. The summed E-state index contributed by atoms with van der Waals surface area (Å²) in [6.45, 7) is 0. The van der Waals surface area contributed by atoms with Gasteiger partial charge in [0.1, 0.15) is 11.2 Å². The standard InChI is InChI=1S/C42H26O/c1-2-10-27(11-3-1)28-18-20-30(21-19-28)40-33-14-6-8-16-35(33)41(36-17-9-7-15-34(36)40)31-23-25-39-38(26-31)37-24-22-29-12-4-5-13-32(29)42(37)43-39/h1-26H/i1D,2D,3D,10D,11D,18D,19D,20D,21D. The Labute approximate surface area is 261 Å². The highest BCUT2D eigenvalue weighted by molar-refractivity contribution is 6.22. The molecule has 9 rings (SSSR count). The van der Waals surface area contributed by atoms with Crippen molar-refractivity contribution >= 4 is 54.3 Å². The maximum absolute atomic E-state index is 9.27. The molecule has 43 heavy (non-hydrogen) atoms. The van der Waals surface area contributed by atoms with Gasteiger partial charge in [-0.1, -0.05) is 139 Å². The molecule has 0 radical (unpaired) electrons. The molecule has 8 aromatic carbocycles. The summed E-state index contributed by atoms with van der Waals surface area (Å²) in [6, 6.07) is 29.2. The molecule has 0 aliphatic carbocycles. The molecule has 9 aromatic rings. The van der Waals surface area contributed by atoms with Crippen LogP contribution in [0.5, 0.6) is 0 Å². The molecule has 0 fully saturated rings. The lowest BCUT2D eigenvalue weighted by Crippen LogP contribution is -1.91. The number of hydrogen-bond acceptors (Lipinski definition) is 1. The first-order valence-electron chi connectivity index (χ1n) is 18.5. The molecule has 0 saturated heterocycles. The van der Waals surface area contributed by atoms with Crippen LogP contribution < -0.4 is 0 Å². The Kier molecular flexibility index (Phi) is 3.67. The minimum absolute atomic E-state index is 0.0632. The van der Waals surface area contributed by atoms with E-state index in [0.717, 1.165) is 65.4 Å². The van der Waals surface area contributed by atoms with E-state index in [-0.39, 0.29) is 28.8 Å². The summed E-state index contributed by atoms with van der Waals surface area (Å²) in [5.74, 6) is 0. The van der Waals surface area contributed by atoms with Crippen LogP contribution in [0.1, 0.15) is 12.3 Å². The van der Waals surface area contributed by atoms with E-state index in [4.69, 9.17) is 14.0 Å². The number of benzene rings is 8. The second kappa shape index (κ2) is 9.44. The predicted octanol–water partition coefficient (Wildman–Crippen LogP) is 12.0. The van der Waals surface area contributed by atoms with Crippen molar-refractivity contribution in [3.05, 3.63) is 158 Å². The van der Waals surface area contributed by atoms with Crippen LogP contribution in [0.3, 0.4) is 0 Å². The van der Waals surface area contributed by atoms with Gasteiger partial charge < -0.3 is 4.42 Å². The normalized spacial score (nSPS) is 14.7. The van der Waals surface area contributed by atoms with Crippen molar-refractivity contribution in [3.8, 4) is 33.4 Å². The van der Waals surface area contributed by atoms with Gasteiger partial charge in [-0.15, -0.1) is 0 Å². The fraction of sp³-hybridized carbons (Fsp3) is 0. The van der Waals surface area contributed by atoms with E-state index in [1.54, 1.807) is 0 Å². The van der Waals surface area contributed by atoms with E-state index in [1.807, 2.05) is 72.8 Å². The van der Waals surface area contributed by atoms with E-state index in [9.17, 15) is 2.74 Å². The van der Waals surface area contributed by atoms with Crippen molar-refractivity contribution in [1.29, 1.82) is 0 Å². The average Bonchev–Trinajstić information content (AvgIpc) is 3.55. The maximum atomic E-state index is 9.27. The zero-order chi connectivity index (χ0) is 36.2. The fourth-order valence-electron chi connectivity index (χ4n) is 6.31. The predicted molar refractivity (Wildman–Crippen MR) is 183 cm³/mol. The molecular formula is C42H26O. The van der Waals surface area contributed by atoms with Crippen molar-refractivity contribution in [2.24, 2.45) is 0 Å². The summed E-state index contributed by atoms with van der Waals surface area (Å²) in [7, 11) is 0. The first kappa shape index (κ1) is 16.7. The van der Waals surface area contributed by atoms with E-state index in [2.05, 4.69) is 30.3 Å². The van der Waals surface area contributed by atoms with E-state index in [1.165, 1.54) is 0 Å². The Morgan fingerprint density at radius 1 is 0.395 bits per heavy atom. The highest BCUT2D eigenvalue weighted by Gasteiger charge is 2.18. The Bertz CT molecular complexity index is 2900. The molecule has 200 valence electrons. The highest BCUT2D eigenvalue weighted by atomic mass is 16.3. The topological polar surface area (TPSA) is 13.1 Å². The smallest absolute Gasteiger partial charge is 0.143 e. The molecule has 0 bridgehead atoms. The number of fused-ring (bicyclic) bond motifs is 7. The number of furan rings is 1. The molecule has 0 aliphatic heterocycles. The summed E-state index contributed by atoms with van der Waals surface area (Å²) < 4.78 is 84.4. The van der Waals surface area contributed by atoms with Crippen LogP contribution in [-0.2, 0) is 0 Å². The van der Waals surface area contributed by atoms with Gasteiger partial charge in [0.25, 0.3) is 0 Å². The molecule has 1 aromatic heterocycles. The van der Waals surface area contributed by atoms with Crippen molar-refractivity contribution in [3.63, 3.8) is 0 Å². The number of rotatable bonds is 3. The zero-order valence-corrected chi connectivity index (χ0v) is 22.7. The van der Waals surface area contributed by atoms with Crippen LogP contribution >= 0.6 is 0 Å². The molecule has 0 aliphatic rings. The summed E-state index contributed by atoms with van der Waals surface area (Å²) in [5, 5.41) is 7.24. The Balaban J connectivity index is 1.34. The first-order valence-corrected chi connectivity index (χ1v) is 14.0. The van der Waals surface area contributed by atoms with Crippen molar-refractivity contribution in [2.75, 3.05) is 0 Å². The minimum atomic E-state index is -0.612. The van der Waals surface area contributed by atoms with Crippen molar-refractivity contribution in [2.45, 2.75) is 0 Å². The molecule has 0 N–H and O–H groups in total. The fourth-order valence-corrected chi connectivity index (χ4v) is 6.31. The van der Waals surface area contributed by atoms with Gasteiger partial charge in [0, 0.05) is 16.2 Å². The molecule has 0 atom stereocenters.